The van der Waals surface area contributed by atoms with E-state index in [-0.39, 0.29) is 0 Å². The molecule has 1 N–H and O–H groups in total. The number of rotatable bonds is 0. The predicted molar refractivity (Wildman–Crippen MR) is 48.8 cm³/mol. The van der Waals surface area contributed by atoms with E-state index in [1.165, 1.54) is 0 Å². The Balaban J connectivity index is 2.23. The van der Waals surface area contributed by atoms with Crippen molar-refractivity contribution >= 4 is 0 Å². The van der Waals surface area contributed by atoms with E-state index in [2.05, 4.69) is 27.3 Å². The molecule has 62 valence electrons. The second kappa shape index (κ2) is 3.55. The van der Waals surface area contributed by atoms with Crippen molar-refractivity contribution in [1.82, 2.24) is 15.4 Å². The number of hydrogen-bond donors (Lipinski definition) is 1. The predicted octanol–water partition coefficient (Wildman–Crippen LogP) is 1.20. The van der Waals surface area contributed by atoms with Gasteiger partial charge in [0.15, 0.2) is 5.69 Å². The van der Waals surface area contributed by atoms with Crippen LogP contribution in [-0.4, -0.2) is 15.4 Å². The fourth-order valence-corrected chi connectivity index (χ4v) is 0.920. The molecule has 0 saturated carbocycles. The van der Waals surface area contributed by atoms with E-state index < -0.39 is 0 Å². The first kappa shape index (κ1) is 7.56. The van der Waals surface area contributed by atoms with Gasteiger partial charge in [-0.25, -0.2) is 0 Å². The van der Waals surface area contributed by atoms with Gasteiger partial charge < -0.3 is 0 Å². The number of aromatic nitrogens is 3. The maximum Gasteiger partial charge on any atom is 0.155 e. The molecule has 0 aliphatic carbocycles. The van der Waals surface area contributed by atoms with Crippen molar-refractivity contribution in [3.8, 4) is 11.8 Å². The molecule has 0 aliphatic heterocycles. The van der Waals surface area contributed by atoms with Gasteiger partial charge in [0, 0.05) is 5.56 Å². The minimum atomic E-state index is 0.656. The summed E-state index contributed by atoms with van der Waals surface area (Å²) in [5.74, 6) is 5.86. The van der Waals surface area contributed by atoms with Crippen LogP contribution in [0.1, 0.15) is 11.3 Å². The van der Waals surface area contributed by atoms with Gasteiger partial charge in [-0.3, -0.25) is 5.10 Å². The Morgan fingerprint density at radius 3 is 2.62 bits per heavy atom. The lowest BCUT2D eigenvalue weighted by Crippen LogP contribution is -1.74. The van der Waals surface area contributed by atoms with Crippen LogP contribution in [0.2, 0.25) is 0 Å². The maximum absolute atomic E-state index is 3.75. The molecule has 0 amide bonds. The van der Waals surface area contributed by atoms with Gasteiger partial charge in [-0.15, -0.1) is 5.10 Å². The smallest absolute Gasteiger partial charge is 0.155 e. The molecule has 0 unspecified atom stereocenters. The third-order valence-electron chi connectivity index (χ3n) is 1.53. The highest BCUT2D eigenvalue weighted by Gasteiger charge is 1.86. The minimum absolute atomic E-state index is 0.656. The van der Waals surface area contributed by atoms with E-state index in [1.54, 1.807) is 6.20 Å². The monoisotopic (exact) mass is 169 g/mol. The zero-order valence-electron chi connectivity index (χ0n) is 6.86. The first-order valence-electron chi connectivity index (χ1n) is 3.89. The lowest BCUT2D eigenvalue weighted by molar-refractivity contribution is 0.936. The molecule has 1 aromatic carbocycles. The van der Waals surface area contributed by atoms with E-state index in [4.69, 9.17) is 0 Å². The fraction of sp³-hybridized carbons (Fsp3) is 0. The van der Waals surface area contributed by atoms with Crippen LogP contribution < -0.4 is 0 Å². The number of nitrogens with one attached hydrogen (secondary N) is 1. The van der Waals surface area contributed by atoms with Crippen LogP contribution in [0.4, 0.5) is 0 Å². The SMILES string of the molecule is C(#Cc1c[nH]nn1)c1ccccc1. The van der Waals surface area contributed by atoms with Crippen molar-refractivity contribution in [2.75, 3.05) is 0 Å². The van der Waals surface area contributed by atoms with Crippen molar-refractivity contribution in [3.63, 3.8) is 0 Å². The molecule has 0 bridgehead atoms. The summed E-state index contributed by atoms with van der Waals surface area (Å²) >= 11 is 0. The van der Waals surface area contributed by atoms with Gasteiger partial charge in [-0.1, -0.05) is 29.3 Å². The first-order valence-corrected chi connectivity index (χ1v) is 3.89. The topological polar surface area (TPSA) is 41.6 Å². The zero-order valence-corrected chi connectivity index (χ0v) is 6.86. The van der Waals surface area contributed by atoms with E-state index in [0.717, 1.165) is 5.56 Å². The van der Waals surface area contributed by atoms with Gasteiger partial charge in [0.1, 0.15) is 0 Å². The van der Waals surface area contributed by atoms with Crippen molar-refractivity contribution in [1.29, 1.82) is 0 Å². The summed E-state index contributed by atoms with van der Waals surface area (Å²) in [6.45, 7) is 0. The third-order valence-corrected chi connectivity index (χ3v) is 1.53. The Bertz CT molecular complexity index is 420. The maximum atomic E-state index is 3.75. The summed E-state index contributed by atoms with van der Waals surface area (Å²) in [4.78, 5) is 0. The Morgan fingerprint density at radius 1 is 1.08 bits per heavy atom. The molecule has 0 radical (unpaired) electrons. The Kier molecular flexibility index (Phi) is 2.06. The van der Waals surface area contributed by atoms with Crippen LogP contribution >= 0.6 is 0 Å². The van der Waals surface area contributed by atoms with Crippen LogP contribution in [0.5, 0.6) is 0 Å². The van der Waals surface area contributed by atoms with E-state index in [9.17, 15) is 0 Å². The molecule has 0 saturated heterocycles. The lowest BCUT2D eigenvalue weighted by atomic mass is 10.2. The molecule has 2 aromatic rings. The minimum Gasteiger partial charge on any atom is -0.264 e. The second-order valence-corrected chi connectivity index (χ2v) is 2.47. The molecule has 0 spiro atoms. The zero-order chi connectivity index (χ0) is 8.93. The lowest BCUT2D eigenvalue weighted by Gasteiger charge is -1.84. The molecule has 0 atom stereocenters. The quantitative estimate of drug-likeness (QED) is 0.602. The summed E-state index contributed by atoms with van der Waals surface area (Å²) < 4.78 is 0. The first-order chi connectivity index (χ1) is 6.45. The number of hydrogen-bond acceptors (Lipinski definition) is 2. The number of benzene rings is 1. The number of nitrogens with zero attached hydrogens (tertiary/aromatic N) is 2. The highest BCUT2D eigenvalue weighted by molar-refractivity contribution is 5.38. The van der Waals surface area contributed by atoms with Crippen molar-refractivity contribution in [3.05, 3.63) is 47.8 Å². The van der Waals surface area contributed by atoms with Gasteiger partial charge in [-0.2, -0.15) is 0 Å². The normalized spacial score (nSPS) is 8.92. The summed E-state index contributed by atoms with van der Waals surface area (Å²) in [5, 5.41) is 9.91. The average molecular weight is 169 g/mol. The van der Waals surface area contributed by atoms with Crippen molar-refractivity contribution in [2.24, 2.45) is 0 Å². The van der Waals surface area contributed by atoms with Crippen molar-refractivity contribution in [2.45, 2.75) is 0 Å². The molecular formula is C10H7N3. The van der Waals surface area contributed by atoms with Crippen LogP contribution in [-0.2, 0) is 0 Å². The van der Waals surface area contributed by atoms with Gasteiger partial charge in [0.05, 0.1) is 6.20 Å². The molecule has 2 rings (SSSR count). The third kappa shape index (κ3) is 1.94. The summed E-state index contributed by atoms with van der Waals surface area (Å²) in [5.41, 5.74) is 1.63. The molecular weight excluding hydrogens is 162 g/mol. The van der Waals surface area contributed by atoms with Crippen LogP contribution in [0.3, 0.4) is 0 Å². The molecule has 13 heavy (non-hydrogen) atoms. The number of aromatic amines is 1. The van der Waals surface area contributed by atoms with Crippen LogP contribution in [0.15, 0.2) is 36.5 Å². The highest BCUT2D eigenvalue weighted by atomic mass is 15.3. The van der Waals surface area contributed by atoms with Gasteiger partial charge >= 0.3 is 0 Å². The van der Waals surface area contributed by atoms with Gasteiger partial charge in [0.2, 0.25) is 0 Å². The summed E-state index contributed by atoms with van der Waals surface area (Å²) in [6.07, 6.45) is 1.66. The second-order valence-electron chi connectivity index (χ2n) is 2.47. The Labute approximate surface area is 75.8 Å². The van der Waals surface area contributed by atoms with E-state index in [1.807, 2.05) is 30.3 Å². The Morgan fingerprint density at radius 2 is 1.92 bits per heavy atom. The number of H-pyrrole nitrogens is 1. The summed E-state index contributed by atoms with van der Waals surface area (Å²) in [6, 6.07) is 9.76. The largest absolute Gasteiger partial charge is 0.264 e. The molecule has 3 nitrogen and oxygen atoms in total. The van der Waals surface area contributed by atoms with Gasteiger partial charge in [0.25, 0.3) is 0 Å². The molecule has 0 fully saturated rings. The highest BCUT2D eigenvalue weighted by Crippen LogP contribution is 1.95. The summed E-state index contributed by atoms with van der Waals surface area (Å²) in [7, 11) is 0. The standard InChI is InChI=1S/C10H7N3/c1-2-4-9(5-3-1)6-7-10-8-11-13-12-10/h1-5,8H,(H,11,12,13). The molecule has 1 heterocycles. The van der Waals surface area contributed by atoms with Crippen LogP contribution in [0.25, 0.3) is 0 Å². The van der Waals surface area contributed by atoms with E-state index >= 15 is 0 Å². The molecule has 0 aliphatic rings. The van der Waals surface area contributed by atoms with Crippen molar-refractivity contribution < 1.29 is 0 Å². The van der Waals surface area contributed by atoms with Gasteiger partial charge in [-0.05, 0) is 18.1 Å². The fourth-order valence-electron chi connectivity index (χ4n) is 0.920. The molecule has 1 aromatic heterocycles. The average Bonchev–Trinajstić information content (AvgIpc) is 2.69. The van der Waals surface area contributed by atoms with Crippen LogP contribution in [0, 0.1) is 11.8 Å². The van der Waals surface area contributed by atoms with E-state index in [0.29, 0.717) is 5.69 Å². The molecule has 3 heteroatoms. The Hall–Kier alpha value is -2.08.